The lowest BCUT2D eigenvalue weighted by Crippen LogP contribution is -2.27. The van der Waals surface area contributed by atoms with E-state index in [2.05, 4.69) is 46.0 Å². The van der Waals surface area contributed by atoms with Crippen molar-refractivity contribution in [1.29, 1.82) is 0 Å². The number of hydrogen-bond acceptors (Lipinski definition) is 3. The van der Waals surface area contributed by atoms with Gasteiger partial charge in [-0.15, -0.1) is 0 Å². The zero-order chi connectivity index (χ0) is 15.2. The SMILES string of the molecule is CCCNC(CC(C)C(C)(C)C)c1ccc(COC)o1. The number of nitrogens with one attached hydrogen (secondary N) is 1. The summed E-state index contributed by atoms with van der Waals surface area (Å²) in [4.78, 5) is 0. The van der Waals surface area contributed by atoms with E-state index in [1.54, 1.807) is 7.11 Å². The highest BCUT2D eigenvalue weighted by atomic mass is 16.5. The van der Waals surface area contributed by atoms with Crippen LogP contribution in [0.3, 0.4) is 0 Å². The van der Waals surface area contributed by atoms with Gasteiger partial charge in [0.05, 0.1) is 6.04 Å². The second-order valence-corrected chi connectivity index (χ2v) is 6.75. The third kappa shape index (κ3) is 5.29. The summed E-state index contributed by atoms with van der Waals surface area (Å²) in [5.41, 5.74) is 0.314. The Kier molecular flexibility index (Phi) is 6.77. The summed E-state index contributed by atoms with van der Waals surface area (Å²) < 4.78 is 11.0. The number of ether oxygens (including phenoxy) is 1. The van der Waals surface area contributed by atoms with Crippen LogP contribution in [0.2, 0.25) is 0 Å². The molecule has 3 heteroatoms. The molecule has 1 aromatic heterocycles. The van der Waals surface area contributed by atoms with E-state index in [4.69, 9.17) is 9.15 Å². The van der Waals surface area contributed by atoms with Gasteiger partial charge < -0.3 is 14.5 Å². The van der Waals surface area contributed by atoms with Gasteiger partial charge in [0.15, 0.2) is 0 Å². The summed E-state index contributed by atoms with van der Waals surface area (Å²) in [7, 11) is 1.69. The Morgan fingerprint density at radius 2 is 2.00 bits per heavy atom. The van der Waals surface area contributed by atoms with Gasteiger partial charge in [0.1, 0.15) is 18.1 Å². The minimum absolute atomic E-state index is 0.287. The molecule has 0 aliphatic heterocycles. The molecule has 3 nitrogen and oxygen atoms in total. The van der Waals surface area contributed by atoms with E-state index in [1.807, 2.05) is 6.07 Å². The molecule has 0 saturated heterocycles. The van der Waals surface area contributed by atoms with Gasteiger partial charge in [-0.05, 0) is 42.9 Å². The number of methoxy groups -OCH3 is 1. The Bertz CT molecular complexity index is 379. The van der Waals surface area contributed by atoms with Crippen molar-refractivity contribution in [2.45, 2.75) is 60.1 Å². The van der Waals surface area contributed by atoms with Crippen molar-refractivity contribution in [2.75, 3.05) is 13.7 Å². The summed E-state index contributed by atoms with van der Waals surface area (Å²) in [5.74, 6) is 2.55. The van der Waals surface area contributed by atoms with Gasteiger partial charge in [0.25, 0.3) is 0 Å². The van der Waals surface area contributed by atoms with Gasteiger partial charge in [-0.1, -0.05) is 34.6 Å². The predicted molar refractivity (Wildman–Crippen MR) is 83.7 cm³/mol. The Balaban J connectivity index is 2.76. The number of furan rings is 1. The minimum atomic E-state index is 0.287. The quantitative estimate of drug-likeness (QED) is 0.759. The van der Waals surface area contributed by atoms with Crippen LogP contribution in [0.4, 0.5) is 0 Å². The molecule has 0 radical (unpaired) electrons. The van der Waals surface area contributed by atoms with Crippen molar-refractivity contribution in [3.05, 3.63) is 23.7 Å². The van der Waals surface area contributed by atoms with Crippen molar-refractivity contribution in [3.63, 3.8) is 0 Å². The van der Waals surface area contributed by atoms with Crippen LogP contribution in [0.1, 0.15) is 65.0 Å². The summed E-state index contributed by atoms with van der Waals surface area (Å²) in [6.07, 6.45) is 2.22. The molecule has 1 rings (SSSR count). The van der Waals surface area contributed by atoms with Crippen LogP contribution in [-0.4, -0.2) is 13.7 Å². The third-order valence-corrected chi connectivity index (χ3v) is 4.02. The van der Waals surface area contributed by atoms with E-state index in [0.717, 1.165) is 30.9 Å². The standard InChI is InChI=1S/C17H31NO2/c1-7-10-18-15(11-13(2)17(3,4)5)16-9-8-14(20-16)12-19-6/h8-9,13,15,18H,7,10-12H2,1-6H3. The van der Waals surface area contributed by atoms with E-state index in [0.29, 0.717) is 17.9 Å². The predicted octanol–water partition coefficient (Wildman–Crippen LogP) is 4.54. The van der Waals surface area contributed by atoms with E-state index >= 15 is 0 Å². The van der Waals surface area contributed by atoms with Crippen LogP contribution in [0.15, 0.2) is 16.5 Å². The maximum absolute atomic E-state index is 5.91. The first-order valence-electron chi connectivity index (χ1n) is 7.69. The van der Waals surface area contributed by atoms with Crippen molar-refractivity contribution < 1.29 is 9.15 Å². The largest absolute Gasteiger partial charge is 0.462 e. The van der Waals surface area contributed by atoms with Crippen LogP contribution in [0.25, 0.3) is 0 Å². The monoisotopic (exact) mass is 281 g/mol. The Morgan fingerprint density at radius 3 is 2.55 bits per heavy atom. The van der Waals surface area contributed by atoms with Crippen molar-refractivity contribution in [3.8, 4) is 0 Å². The summed E-state index contributed by atoms with van der Waals surface area (Å²) in [5, 5.41) is 3.61. The second kappa shape index (κ2) is 7.84. The first kappa shape index (κ1) is 17.3. The topological polar surface area (TPSA) is 34.4 Å². The maximum atomic E-state index is 5.91. The van der Waals surface area contributed by atoms with Crippen LogP contribution in [0, 0.1) is 11.3 Å². The van der Waals surface area contributed by atoms with E-state index in [9.17, 15) is 0 Å². The molecule has 116 valence electrons. The Hall–Kier alpha value is -0.800. The molecule has 0 bridgehead atoms. The van der Waals surface area contributed by atoms with Crippen LogP contribution < -0.4 is 5.32 Å². The average Bonchev–Trinajstić information content (AvgIpc) is 2.82. The Labute approximate surface area is 124 Å². The highest BCUT2D eigenvalue weighted by molar-refractivity contribution is 5.10. The fourth-order valence-corrected chi connectivity index (χ4v) is 2.13. The summed E-state index contributed by atoms with van der Waals surface area (Å²) >= 11 is 0. The second-order valence-electron chi connectivity index (χ2n) is 6.75. The number of rotatable bonds is 8. The average molecular weight is 281 g/mol. The zero-order valence-corrected chi connectivity index (χ0v) is 14.0. The van der Waals surface area contributed by atoms with Crippen molar-refractivity contribution >= 4 is 0 Å². The van der Waals surface area contributed by atoms with Crippen molar-refractivity contribution in [2.24, 2.45) is 11.3 Å². The highest BCUT2D eigenvalue weighted by Gasteiger charge is 2.25. The van der Waals surface area contributed by atoms with Crippen molar-refractivity contribution in [1.82, 2.24) is 5.32 Å². The molecule has 2 atom stereocenters. The zero-order valence-electron chi connectivity index (χ0n) is 14.0. The molecule has 0 aliphatic rings. The fraction of sp³-hybridized carbons (Fsp3) is 0.765. The molecule has 2 unspecified atom stereocenters. The van der Waals surface area contributed by atoms with Crippen LogP contribution >= 0.6 is 0 Å². The van der Waals surface area contributed by atoms with E-state index in [-0.39, 0.29) is 6.04 Å². The Morgan fingerprint density at radius 1 is 1.30 bits per heavy atom. The van der Waals surface area contributed by atoms with Gasteiger partial charge >= 0.3 is 0 Å². The molecule has 20 heavy (non-hydrogen) atoms. The molecule has 1 N–H and O–H groups in total. The molecule has 1 aromatic rings. The van der Waals surface area contributed by atoms with Crippen LogP contribution in [0.5, 0.6) is 0 Å². The lowest BCUT2D eigenvalue weighted by molar-refractivity contribution is 0.158. The minimum Gasteiger partial charge on any atom is -0.462 e. The first-order valence-corrected chi connectivity index (χ1v) is 7.69. The normalized spacial score (nSPS) is 15.3. The molecule has 0 aromatic carbocycles. The maximum Gasteiger partial charge on any atom is 0.129 e. The smallest absolute Gasteiger partial charge is 0.129 e. The van der Waals surface area contributed by atoms with Gasteiger partial charge in [0.2, 0.25) is 0 Å². The molecule has 0 saturated carbocycles. The molecular formula is C17H31NO2. The molecular weight excluding hydrogens is 250 g/mol. The van der Waals surface area contributed by atoms with Gasteiger partial charge in [0, 0.05) is 7.11 Å². The molecule has 1 heterocycles. The lowest BCUT2D eigenvalue weighted by Gasteiger charge is -2.30. The lowest BCUT2D eigenvalue weighted by atomic mass is 9.78. The van der Waals surface area contributed by atoms with Gasteiger partial charge in [-0.3, -0.25) is 0 Å². The van der Waals surface area contributed by atoms with E-state index < -0.39 is 0 Å². The molecule has 0 amide bonds. The molecule has 0 aliphatic carbocycles. The molecule has 0 fully saturated rings. The summed E-state index contributed by atoms with van der Waals surface area (Å²) in [6.45, 7) is 13.0. The van der Waals surface area contributed by atoms with Gasteiger partial charge in [-0.2, -0.15) is 0 Å². The highest BCUT2D eigenvalue weighted by Crippen LogP contribution is 2.33. The third-order valence-electron chi connectivity index (χ3n) is 4.02. The first-order chi connectivity index (χ1) is 9.38. The van der Waals surface area contributed by atoms with E-state index in [1.165, 1.54) is 0 Å². The fourth-order valence-electron chi connectivity index (χ4n) is 2.13. The molecule has 0 spiro atoms. The van der Waals surface area contributed by atoms with Crippen LogP contribution in [-0.2, 0) is 11.3 Å². The summed E-state index contributed by atoms with van der Waals surface area (Å²) in [6, 6.07) is 4.38. The number of hydrogen-bond donors (Lipinski definition) is 1. The van der Waals surface area contributed by atoms with Gasteiger partial charge in [-0.25, -0.2) is 0 Å².